The van der Waals surface area contributed by atoms with Crippen LogP contribution in [0.2, 0.25) is 0 Å². The maximum absolute atomic E-state index is 13.0. The molecule has 0 saturated carbocycles. The molecule has 0 unspecified atom stereocenters. The Kier molecular flexibility index (Phi) is 4.28. The molecule has 120 valence electrons. The van der Waals surface area contributed by atoms with Crippen molar-refractivity contribution in [2.45, 2.75) is 40.3 Å². The summed E-state index contributed by atoms with van der Waals surface area (Å²) in [6.45, 7) is 7.92. The zero-order chi connectivity index (χ0) is 16.4. The maximum atomic E-state index is 13.0. The molecule has 2 aromatic heterocycles. The number of anilines is 1. The van der Waals surface area contributed by atoms with Crippen molar-refractivity contribution in [1.29, 1.82) is 0 Å². The minimum absolute atomic E-state index is 0.221. The van der Waals surface area contributed by atoms with Gasteiger partial charge in [0.2, 0.25) is 0 Å². The van der Waals surface area contributed by atoms with Crippen LogP contribution < -0.4 is 5.32 Å². The molecular formula is C18H21FN4. The van der Waals surface area contributed by atoms with Crippen LogP contribution in [0.3, 0.4) is 0 Å². The Bertz CT molecular complexity index is 821. The molecule has 0 spiro atoms. The van der Waals surface area contributed by atoms with Crippen LogP contribution in [0.15, 0.2) is 30.6 Å². The summed E-state index contributed by atoms with van der Waals surface area (Å²) in [5, 5.41) is 3.37. The molecule has 4 nitrogen and oxygen atoms in total. The molecule has 3 rings (SSSR count). The topological polar surface area (TPSA) is 42.7 Å². The molecule has 0 aliphatic carbocycles. The minimum Gasteiger partial charge on any atom is -0.364 e. The number of hydrogen-bond acceptors (Lipinski definition) is 3. The second-order valence-corrected chi connectivity index (χ2v) is 5.76. The predicted molar refractivity (Wildman–Crippen MR) is 91.0 cm³/mol. The largest absolute Gasteiger partial charge is 0.364 e. The van der Waals surface area contributed by atoms with E-state index in [1.807, 2.05) is 0 Å². The Morgan fingerprint density at radius 1 is 1.13 bits per heavy atom. The van der Waals surface area contributed by atoms with Crippen LogP contribution in [0, 0.1) is 19.7 Å². The molecule has 23 heavy (non-hydrogen) atoms. The zero-order valence-electron chi connectivity index (χ0n) is 13.7. The van der Waals surface area contributed by atoms with Gasteiger partial charge in [-0.15, -0.1) is 0 Å². The van der Waals surface area contributed by atoms with Gasteiger partial charge in [0.1, 0.15) is 17.7 Å². The zero-order valence-corrected chi connectivity index (χ0v) is 13.7. The predicted octanol–water partition coefficient (Wildman–Crippen LogP) is 4.21. The number of fused-ring (bicyclic) bond motifs is 1. The fourth-order valence-corrected chi connectivity index (χ4v) is 2.87. The van der Waals surface area contributed by atoms with Gasteiger partial charge in [-0.05, 0) is 43.5 Å². The highest BCUT2D eigenvalue weighted by Crippen LogP contribution is 2.28. The van der Waals surface area contributed by atoms with Gasteiger partial charge in [-0.2, -0.15) is 0 Å². The normalized spacial score (nSPS) is 11.1. The van der Waals surface area contributed by atoms with Gasteiger partial charge in [-0.25, -0.2) is 14.4 Å². The molecule has 5 heteroatoms. The highest BCUT2D eigenvalue weighted by molar-refractivity contribution is 5.90. The first kappa shape index (κ1) is 15.5. The van der Waals surface area contributed by atoms with Crippen molar-refractivity contribution in [3.8, 4) is 0 Å². The van der Waals surface area contributed by atoms with Crippen LogP contribution in [0.25, 0.3) is 11.0 Å². The second kappa shape index (κ2) is 6.36. The molecule has 1 aromatic carbocycles. The van der Waals surface area contributed by atoms with Crippen LogP contribution in [-0.2, 0) is 13.1 Å². The number of aromatic nitrogens is 3. The highest BCUT2D eigenvalue weighted by atomic mass is 19.1. The average molecular weight is 312 g/mol. The SMILES string of the molecule is CCCn1c(C)c(C)c2ncnc(NCc3ccc(F)cc3)c21. The Balaban J connectivity index is 1.97. The molecule has 3 aromatic rings. The summed E-state index contributed by atoms with van der Waals surface area (Å²) in [6.07, 6.45) is 2.65. The second-order valence-electron chi connectivity index (χ2n) is 5.76. The molecule has 0 fully saturated rings. The van der Waals surface area contributed by atoms with Gasteiger partial charge in [0.15, 0.2) is 5.82 Å². The van der Waals surface area contributed by atoms with E-state index in [-0.39, 0.29) is 5.82 Å². The number of halogens is 1. The summed E-state index contributed by atoms with van der Waals surface area (Å²) in [5.74, 6) is 0.602. The summed E-state index contributed by atoms with van der Waals surface area (Å²) in [6, 6.07) is 6.51. The Morgan fingerprint density at radius 3 is 2.57 bits per heavy atom. The molecule has 0 aliphatic rings. The van der Waals surface area contributed by atoms with E-state index in [9.17, 15) is 4.39 Å². The van der Waals surface area contributed by atoms with Gasteiger partial charge in [-0.1, -0.05) is 19.1 Å². The first-order valence-corrected chi connectivity index (χ1v) is 7.90. The molecule has 0 saturated heterocycles. The molecule has 0 radical (unpaired) electrons. The van der Waals surface area contributed by atoms with Crippen molar-refractivity contribution in [2.24, 2.45) is 0 Å². The van der Waals surface area contributed by atoms with Crippen molar-refractivity contribution >= 4 is 16.9 Å². The average Bonchev–Trinajstić information content (AvgIpc) is 2.80. The van der Waals surface area contributed by atoms with E-state index in [1.54, 1.807) is 18.5 Å². The van der Waals surface area contributed by atoms with Gasteiger partial charge >= 0.3 is 0 Å². The maximum Gasteiger partial charge on any atom is 0.154 e. The van der Waals surface area contributed by atoms with Gasteiger partial charge in [-0.3, -0.25) is 0 Å². The number of nitrogens with zero attached hydrogens (tertiary/aromatic N) is 3. The third-order valence-corrected chi connectivity index (χ3v) is 4.22. The number of nitrogens with one attached hydrogen (secondary N) is 1. The van der Waals surface area contributed by atoms with Crippen molar-refractivity contribution < 1.29 is 4.39 Å². The van der Waals surface area contributed by atoms with Crippen LogP contribution in [0.4, 0.5) is 10.2 Å². The Labute approximate surface area is 135 Å². The Hall–Kier alpha value is -2.43. The summed E-state index contributed by atoms with van der Waals surface area (Å²) in [4.78, 5) is 8.87. The highest BCUT2D eigenvalue weighted by Gasteiger charge is 2.15. The molecule has 2 heterocycles. The fraction of sp³-hybridized carbons (Fsp3) is 0.333. The van der Waals surface area contributed by atoms with Gasteiger partial charge in [0.25, 0.3) is 0 Å². The third kappa shape index (κ3) is 2.91. The first-order valence-electron chi connectivity index (χ1n) is 7.90. The number of rotatable bonds is 5. The molecule has 0 atom stereocenters. The van der Waals surface area contributed by atoms with Crippen LogP contribution in [-0.4, -0.2) is 14.5 Å². The van der Waals surface area contributed by atoms with E-state index in [1.165, 1.54) is 23.4 Å². The number of aryl methyl sites for hydroxylation is 2. The lowest BCUT2D eigenvalue weighted by atomic mass is 10.2. The molecular weight excluding hydrogens is 291 g/mol. The molecule has 0 aliphatic heterocycles. The molecule has 1 N–H and O–H groups in total. The van der Waals surface area contributed by atoms with Crippen LogP contribution in [0.5, 0.6) is 0 Å². The van der Waals surface area contributed by atoms with Gasteiger partial charge in [0.05, 0.1) is 5.52 Å². The summed E-state index contributed by atoms with van der Waals surface area (Å²) >= 11 is 0. The lowest BCUT2D eigenvalue weighted by Crippen LogP contribution is -2.06. The number of hydrogen-bond donors (Lipinski definition) is 1. The molecule has 0 bridgehead atoms. The molecule has 0 amide bonds. The van der Waals surface area contributed by atoms with E-state index >= 15 is 0 Å². The summed E-state index contributed by atoms with van der Waals surface area (Å²) < 4.78 is 15.3. The standard InChI is InChI=1S/C18H21FN4/c1-4-9-23-13(3)12(2)16-17(23)18(22-11-21-16)20-10-14-5-7-15(19)8-6-14/h5-8,11H,4,9-10H2,1-3H3,(H,20,21,22). The fourth-order valence-electron chi connectivity index (χ4n) is 2.87. The Morgan fingerprint density at radius 2 is 1.87 bits per heavy atom. The lowest BCUT2D eigenvalue weighted by Gasteiger charge is -2.11. The van der Waals surface area contributed by atoms with E-state index in [4.69, 9.17) is 0 Å². The summed E-state index contributed by atoms with van der Waals surface area (Å²) in [7, 11) is 0. The van der Waals surface area contributed by atoms with Crippen LogP contribution >= 0.6 is 0 Å². The first-order chi connectivity index (χ1) is 11.1. The quantitative estimate of drug-likeness (QED) is 0.767. The van der Waals surface area contributed by atoms with Crippen molar-refractivity contribution in [3.63, 3.8) is 0 Å². The minimum atomic E-state index is -0.221. The smallest absolute Gasteiger partial charge is 0.154 e. The van der Waals surface area contributed by atoms with E-state index in [2.05, 4.69) is 40.6 Å². The van der Waals surface area contributed by atoms with Gasteiger partial charge < -0.3 is 9.88 Å². The van der Waals surface area contributed by atoms with E-state index in [0.717, 1.165) is 35.4 Å². The number of benzene rings is 1. The lowest BCUT2D eigenvalue weighted by molar-refractivity contribution is 0.627. The van der Waals surface area contributed by atoms with Crippen molar-refractivity contribution in [3.05, 3.63) is 53.2 Å². The third-order valence-electron chi connectivity index (χ3n) is 4.22. The van der Waals surface area contributed by atoms with Crippen LogP contribution in [0.1, 0.15) is 30.2 Å². The van der Waals surface area contributed by atoms with Crippen molar-refractivity contribution in [2.75, 3.05) is 5.32 Å². The van der Waals surface area contributed by atoms with Gasteiger partial charge in [0, 0.05) is 18.8 Å². The van der Waals surface area contributed by atoms with E-state index < -0.39 is 0 Å². The monoisotopic (exact) mass is 312 g/mol. The van der Waals surface area contributed by atoms with E-state index in [0.29, 0.717) is 6.54 Å². The van der Waals surface area contributed by atoms with Crippen molar-refractivity contribution in [1.82, 2.24) is 14.5 Å². The summed E-state index contributed by atoms with van der Waals surface area (Å²) in [5.41, 5.74) is 5.48.